The van der Waals surface area contributed by atoms with Crippen LogP contribution in [0.5, 0.6) is 5.75 Å². The Kier molecular flexibility index (Phi) is 5.55. The van der Waals surface area contributed by atoms with Crippen molar-refractivity contribution in [2.24, 2.45) is 0 Å². The van der Waals surface area contributed by atoms with Gasteiger partial charge in [-0.1, -0.05) is 45.0 Å². The van der Waals surface area contributed by atoms with Gasteiger partial charge in [0.1, 0.15) is 11.9 Å². The Labute approximate surface area is 179 Å². The van der Waals surface area contributed by atoms with Crippen molar-refractivity contribution in [2.75, 3.05) is 6.61 Å². The maximum absolute atomic E-state index is 13.1. The number of fused-ring (bicyclic) bond motifs is 1. The van der Waals surface area contributed by atoms with E-state index in [1.165, 1.54) is 10.8 Å². The lowest BCUT2D eigenvalue weighted by molar-refractivity contribution is -0.0130. The summed E-state index contributed by atoms with van der Waals surface area (Å²) >= 11 is 0. The molecule has 1 aromatic carbocycles. The van der Waals surface area contributed by atoms with Crippen LogP contribution in [-0.2, 0) is 30.4 Å². The minimum absolute atomic E-state index is 0.0889. The topological polar surface area (TPSA) is 109 Å². The number of hydrogen-bond acceptors (Lipinski definition) is 7. The molecule has 0 unspecified atom stereocenters. The number of nitrogens with zero attached hydrogens (tertiary/aromatic N) is 1. The van der Waals surface area contributed by atoms with E-state index in [1.807, 2.05) is 39.0 Å². The molecule has 0 fully saturated rings. The van der Waals surface area contributed by atoms with E-state index < -0.39 is 31.4 Å². The highest BCUT2D eigenvalue weighted by Crippen LogP contribution is 2.56. The average Bonchev–Trinajstić information content (AvgIpc) is 3.17. The van der Waals surface area contributed by atoms with Gasteiger partial charge in [-0.25, -0.2) is 9.36 Å². The van der Waals surface area contributed by atoms with Crippen molar-refractivity contribution in [3.8, 4) is 5.75 Å². The van der Waals surface area contributed by atoms with E-state index in [-0.39, 0.29) is 18.6 Å². The molecule has 3 heterocycles. The van der Waals surface area contributed by atoms with Gasteiger partial charge in [0.2, 0.25) is 0 Å². The summed E-state index contributed by atoms with van der Waals surface area (Å²) in [6.07, 6.45) is 3.51. The van der Waals surface area contributed by atoms with Crippen LogP contribution in [0.25, 0.3) is 0 Å². The number of nitrogens with one attached hydrogen (secondary N) is 1. The van der Waals surface area contributed by atoms with Crippen molar-refractivity contribution in [3.63, 3.8) is 0 Å². The second kappa shape index (κ2) is 7.91. The molecule has 3 atom stereocenters. The Morgan fingerprint density at radius 1 is 1.26 bits per heavy atom. The lowest BCUT2D eigenvalue weighted by Crippen LogP contribution is -2.33. The fraction of sp³-hybridized carbons (Fsp3) is 0.429. The molecule has 2 aliphatic heterocycles. The summed E-state index contributed by atoms with van der Waals surface area (Å²) in [5, 5.41) is 0. The zero-order valence-corrected chi connectivity index (χ0v) is 18.7. The average molecular weight is 448 g/mol. The molecule has 0 radical (unpaired) electrons. The Morgan fingerprint density at radius 3 is 2.77 bits per heavy atom. The lowest BCUT2D eigenvalue weighted by Gasteiger charge is -2.30. The number of aryl methyl sites for hydroxylation is 1. The van der Waals surface area contributed by atoms with Crippen molar-refractivity contribution in [3.05, 3.63) is 74.1 Å². The number of H-pyrrole nitrogens is 1. The first-order valence-electron chi connectivity index (χ1n) is 9.93. The lowest BCUT2D eigenvalue weighted by atomic mass is 9.85. The predicted octanol–water partition coefficient (Wildman–Crippen LogP) is 3.33. The van der Waals surface area contributed by atoms with E-state index >= 15 is 0 Å². The fourth-order valence-electron chi connectivity index (χ4n) is 3.43. The molecule has 9 nitrogen and oxygen atoms in total. The third-order valence-electron chi connectivity index (χ3n) is 5.11. The van der Waals surface area contributed by atoms with Crippen LogP contribution in [0.3, 0.4) is 0 Å². The van der Waals surface area contributed by atoms with E-state index in [4.69, 9.17) is 18.3 Å². The number of hydrogen-bond donors (Lipinski definition) is 1. The SMILES string of the molecule is Cc1cn([C@H]2C=C[C@@H](CO[P@@]3(=O)OCc4cccc(C(C)(C)C)c4O3)O2)c(=O)[nH]c1=O. The summed E-state index contributed by atoms with van der Waals surface area (Å²) in [5.74, 6) is 0.528. The summed E-state index contributed by atoms with van der Waals surface area (Å²) in [6, 6.07) is 5.72. The number of aromatic nitrogens is 2. The zero-order valence-electron chi connectivity index (χ0n) is 17.8. The van der Waals surface area contributed by atoms with Crippen LogP contribution in [0.15, 0.2) is 46.1 Å². The minimum atomic E-state index is -3.84. The highest BCUT2D eigenvalue weighted by molar-refractivity contribution is 7.49. The molecule has 0 spiro atoms. The van der Waals surface area contributed by atoms with Gasteiger partial charge in [-0.2, -0.15) is 0 Å². The molecular weight excluding hydrogens is 423 g/mol. The number of rotatable bonds is 4. The molecule has 2 aliphatic rings. The van der Waals surface area contributed by atoms with Crippen LogP contribution < -0.4 is 15.8 Å². The number of phosphoric acid groups is 1. The first-order chi connectivity index (χ1) is 14.6. The Morgan fingerprint density at radius 2 is 2.03 bits per heavy atom. The second-order valence-corrected chi connectivity index (χ2v) is 10.2. The molecule has 0 aliphatic carbocycles. The molecule has 0 bridgehead atoms. The van der Waals surface area contributed by atoms with Crippen molar-refractivity contribution in [1.29, 1.82) is 0 Å². The number of ether oxygens (including phenoxy) is 1. The zero-order chi connectivity index (χ0) is 22.4. The maximum Gasteiger partial charge on any atom is 0.530 e. The van der Waals surface area contributed by atoms with Crippen molar-refractivity contribution >= 4 is 7.82 Å². The molecule has 0 saturated carbocycles. The summed E-state index contributed by atoms with van der Waals surface area (Å²) in [6.45, 7) is 7.77. The Balaban J connectivity index is 1.44. The molecule has 166 valence electrons. The predicted molar refractivity (Wildman–Crippen MR) is 113 cm³/mol. The van der Waals surface area contributed by atoms with Gasteiger partial charge in [0, 0.05) is 22.9 Å². The first kappa shape index (κ1) is 21.8. The van der Waals surface area contributed by atoms with Crippen LogP contribution in [0.1, 0.15) is 43.7 Å². The van der Waals surface area contributed by atoms with Crippen LogP contribution in [0.4, 0.5) is 0 Å². The highest BCUT2D eigenvalue weighted by atomic mass is 31.2. The van der Waals surface area contributed by atoms with Gasteiger partial charge >= 0.3 is 13.5 Å². The van der Waals surface area contributed by atoms with E-state index in [2.05, 4.69) is 4.98 Å². The van der Waals surface area contributed by atoms with Gasteiger partial charge in [0.25, 0.3) is 5.56 Å². The van der Waals surface area contributed by atoms with Gasteiger partial charge in [0.15, 0.2) is 6.23 Å². The van der Waals surface area contributed by atoms with Crippen LogP contribution in [0, 0.1) is 6.92 Å². The normalized spacial score (nSPS) is 25.3. The number of benzene rings is 1. The molecule has 2 aromatic rings. The number of aromatic amines is 1. The van der Waals surface area contributed by atoms with E-state index in [0.29, 0.717) is 11.3 Å². The summed E-state index contributed by atoms with van der Waals surface area (Å²) in [7, 11) is -3.84. The van der Waals surface area contributed by atoms with Crippen LogP contribution in [0.2, 0.25) is 0 Å². The molecule has 31 heavy (non-hydrogen) atoms. The molecule has 4 rings (SSSR count). The van der Waals surface area contributed by atoms with Gasteiger partial charge < -0.3 is 9.26 Å². The minimum Gasteiger partial charge on any atom is -0.403 e. The first-order valence-corrected chi connectivity index (χ1v) is 11.4. The number of phosphoric ester groups is 1. The van der Waals surface area contributed by atoms with E-state index in [0.717, 1.165) is 11.1 Å². The van der Waals surface area contributed by atoms with Crippen molar-refractivity contribution in [1.82, 2.24) is 9.55 Å². The summed E-state index contributed by atoms with van der Waals surface area (Å²) < 4.78 is 36.8. The van der Waals surface area contributed by atoms with Gasteiger partial charge in [0.05, 0.1) is 13.2 Å². The van der Waals surface area contributed by atoms with Gasteiger partial charge in [-0.05, 0) is 18.4 Å². The molecule has 1 aromatic heterocycles. The third kappa shape index (κ3) is 4.45. The quantitative estimate of drug-likeness (QED) is 0.564. The van der Waals surface area contributed by atoms with Crippen LogP contribution >= 0.6 is 7.82 Å². The highest BCUT2D eigenvalue weighted by Gasteiger charge is 2.38. The van der Waals surface area contributed by atoms with Crippen molar-refractivity contribution < 1.29 is 22.9 Å². The summed E-state index contributed by atoms with van der Waals surface area (Å²) in [4.78, 5) is 25.8. The van der Waals surface area contributed by atoms with Gasteiger partial charge in [-0.15, -0.1) is 0 Å². The van der Waals surface area contributed by atoms with Crippen LogP contribution in [-0.4, -0.2) is 22.3 Å². The fourth-order valence-corrected chi connectivity index (χ4v) is 4.67. The van der Waals surface area contributed by atoms with Crippen molar-refractivity contribution in [2.45, 2.75) is 52.0 Å². The van der Waals surface area contributed by atoms with E-state index in [9.17, 15) is 14.2 Å². The Hall–Kier alpha value is -2.45. The maximum atomic E-state index is 13.1. The smallest absolute Gasteiger partial charge is 0.403 e. The monoisotopic (exact) mass is 448 g/mol. The summed E-state index contributed by atoms with van der Waals surface area (Å²) in [5.41, 5.74) is 0.889. The van der Waals surface area contributed by atoms with E-state index in [1.54, 1.807) is 19.1 Å². The standard InChI is InChI=1S/C21H25N2O7P/c1-13-10-23(20(25)22-19(13)24)17-9-8-15(29-17)12-28-31(26)27-11-14-6-5-7-16(18(14)30-31)21(2,3)4/h5-10,15,17H,11-12H2,1-4H3,(H,22,24,25)/t15-,17+,31+/m0/s1. The van der Waals surface area contributed by atoms with Gasteiger partial charge in [-0.3, -0.25) is 23.4 Å². The molecule has 10 heteroatoms. The largest absolute Gasteiger partial charge is 0.530 e. The second-order valence-electron chi connectivity index (χ2n) is 8.58. The third-order valence-corrected chi connectivity index (χ3v) is 6.42. The number of para-hydroxylation sites is 1. The Bertz CT molecular complexity index is 1190. The molecular formula is C21H25N2O7P. The molecule has 1 N–H and O–H groups in total. The molecule has 0 amide bonds. The molecule has 0 saturated heterocycles.